The minimum Gasteiger partial charge on any atom is -0.489 e. The van der Waals surface area contributed by atoms with Crippen molar-refractivity contribution in [3.05, 3.63) is 58.6 Å². The summed E-state index contributed by atoms with van der Waals surface area (Å²) in [5.74, 6) is 0.992. The van der Waals surface area contributed by atoms with Gasteiger partial charge in [-0.3, -0.25) is 4.90 Å². The van der Waals surface area contributed by atoms with Crippen LogP contribution in [0.25, 0.3) is 0 Å². The highest BCUT2D eigenvalue weighted by atomic mass is 35.5. The predicted octanol–water partition coefficient (Wildman–Crippen LogP) is 3.78. The maximum absolute atomic E-state index is 5.92. The van der Waals surface area contributed by atoms with Crippen LogP contribution in [-0.2, 0) is 13.1 Å². The number of hydrogen-bond donors (Lipinski definition) is 1. The normalized spacial score (nSPS) is 13.5. The lowest BCUT2D eigenvalue weighted by molar-refractivity contribution is 0.291. The summed E-state index contributed by atoms with van der Waals surface area (Å²) >= 11 is 5.92. The fraction of sp³-hybridized carbons (Fsp3) is 0.294. The monoisotopic (exact) mass is 302 g/mol. The van der Waals surface area contributed by atoms with Gasteiger partial charge < -0.3 is 10.1 Å². The summed E-state index contributed by atoms with van der Waals surface area (Å²) in [6.07, 6.45) is 0. The van der Waals surface area contributed by atoms with Crippen molar-refractivity contribution in [1.82, 2.24) is 4.90 Å². The highest BCUT2D eigenvalue weighted by molar-refractivity contribution is 6.30. The van der Waals surface area contributed by atoms with Gasteiger partial charge in [-0.1, -0.05) is 35.9 Å². The van der Waals surface area contributed by atoms with E-state index in [1.807, 2.05) is 12.1 Å². The first-order valence-corrected chi connectivity index (χ1v) is 7.52. The van der Waals surface area contributed by atoms with Crippen LogP contribution in [0.5, 0.6) is 5.75 Å². The predicted molar refractivity (Wildman–Crippen MR) is 87.0 cm³/mol. The third kappa shape index (κ3) is 3.49. The van der Waals surface area contributed by atoms with Gasteiger partial charge in [-0.05, 0) is 30.8 Å². The largest absolute Gasteiger partial charge is 0.489 e. The Labute approximate surface area is 130 Å². The van der Waals surface area contributed by atoms with Crippen LogP contribution in [0.1, 0.15) is 11.1 Å². The molecule has 0 spiro atoms. The lowest BCUT2D eigenvalue weighted by atomic mass is 10.1. The number of fused-ring (bicyclic) bond motifs is 1. The second-order valence-corrected chi connectivity index (χ2v) is 5.80. The van der Waals surface area contributed by atoms with E-state index in [2.05, 4.69) is 47.6 Å². The van der Waals surface area contributed by atoms with Crippen molar-refractivity contribution in [1.29, 1.82) is 0 Å². The van der Waals surface area contributed by atoms with Gasteiger partial charge in [-0.15, -0.1) is 0 Å². The number of halogens is 1. The second-order valence-electron chi connectivity index (χ2n) is 5.37. The quantitative estimate of drug-likeness (QED) is 0.930. The topological polar surface area (TPSA) is 24.5 Å². The molecule has 0 aromatic heterocycles. The zero-order valence-corrected chi connectivity index (χ0v) is 12.9. The molecule has 0 atom stereocenters. The van der Waals surface area contributed by atoms with Crippen molar-refractivity contribution >= 4 is 17.3 Å². The van der Waals surface area contributed by atoms with Crippen molar-refractivity contribution in [3.63, 3.8) is 0 Å². The molecule has 0 bridgehead atoms. The van der Waals surface area contributed by atoms with Crippen LogP contribution in [0.15, 0.2) is 42.5 Å². The first-order valence-electron chi connectivity index (χ1n) is 7.14. The van der Waals surface area contributed by atoms with E-state index in [9.17, 15) is 0 Å². The van der Waals surface area contributed by atoms with Crippen molar-refractivity contribution in [3.8, 4) is 5.75 Å². The molecule has 0 unspecified atom stereocenters. The Bertz CT molecular complexity index is 613. The Kier molecular flexibility index (Phi) is 4.32. The van der Waals surface area contributed by atoms with Crippen molar-refractivity contribution in [2.75, 3.05) is 25.5 Å². The summed E-state index contributed by atoms with van der Waals surface area (Å²) in [7, 11) is 2.12. The summed E-state index contributed by atoms with van der Waals surface area (Å²) in [5.41, 5.74) is 3.57. The number of anilines is 1. The molecule has 3 nitrogen and oxygen atoms in total. The van der Waals surface area contributed by atoms with Crippen LogP contribution in [0, 0.1) is 0 Å². The zero-order valence-electron chi connectivity index (χ0n) is 12.1. The number of benzene rings is 2. The summed E-state index contributed by atoms with van der Waals surface area (Å²) in [6.45, 7) is 3.34. The Morgan fingerprint density at radius 1 is 1.14 bits per heavy atom. The highest BCUT2D eigenvalue weighted by Gasteiger charge is 2.14. The van der Waals surface area contributed by atoms with E-state index < -0.39 is 0 Å². The molecule has 3 rings (SSSR count). The summed E-state index contributed by atoms with van der Waals surface area (Å²) < 4.78 is 5.81. The fourth-order valence-electron chi connectivity index (χ4n) is 2.61. The average Bonchev–Trinajstić information content (AvgIpc) is 2.50. The molecule has 110 valence electrons. The summed E-state index contributed by atoms with van der Waals surface area (Å²) in [5, 5.41) is 4.15. The molecule has 1 aliphatic heterocycles. The molecule has 2 aromatic rings. The molecule has 1 heterocycles. The average molecular weight is 303 g/mol. The third-order valence-corrected chi connectivity index (χ3v) is 3.82. The van der Waals surface area contributed by atoms with E-state index in [1.54, 1.807) is 0 Å². The standard InChI is InChI=1S/C17H19ClN2O/c1-20(11-13-5-7-15(18)8-6-13)12-14-3-2-4-16-17(14)21-10-9-19-16/h2-8,19H,9-12H2,1H3. The van der Waals surface area contributed by atoms with Crippen LogP contribution < -0.4 is 10.1 Å². The van der Waals surface area contributed by atoms with Crippen LogP contribution in [-0.4, -0.2) is 25.1 Å². The van der Waals surface area contributed by atoms with Crippen LogP contribution >= 0.6 is 11.6 Å². The van der Waals surface area contributed by atoms with E-state index >= 15 is 0 Å². The molecular weight excluding hydrogens is 284 g/mol. The molecular formula is C17H19ClN2O. The van der Waals surface area contributed by atoms with Gasteiger partial charge in [0.2, 0.25) is 0 Å². The van der Waals surface area contributed by atoms with E-state index in [4.69, 9.17) is 16.3 Å². The van der Waals surface area contributed by atoms with Gasteiger partial charge in [0.25, 0.3) is 0 Å². The smallest absolute Gasteiger partial charge is 0.146 e. The molecule has 2 aromatic carbocycles. The molecule has 0 radical (unpaired) electrons. The van der Waals surface area contributed by atoms with Gasteiger partial charge in [-0.2, -0.15) is 0 Å². The fourth-order valence-corrected chi connectivity index (χ4v) is 2.73. The van der Waals surface area contributed by atoms with E-state index in [0.717, 1.165) is 42.7 Å². The van der Waals surface area contributed by atoms with Gasteiger partial charge in [-0.25, -0.2) is 0 Å². The van der Waals surface area contributed by atoms with Crippen molar-refractivity contribution in [2.24, 2.45) is 0 Å². The number of ether oxygens (including phenoxy) is 1. The van der Waals surface area contributed by atoms with Crippen molar-refractivity contribution < 1.29 is 4.74 Å². The van der Waals surface area contributed by atoms with Gasteiger partial charge in [0.05, 0.1) is 5.69 Å². The number of nitrogens with zero attached hydrogens (tertiary/aromatic N) is 1. The third-order valence-electron chi connectivity index (χ3n) is 3.57. The van der Waals surface area contributed by atoms with E-state index in [1.165, 1.54) is 11.1 Å². The molecule has 0 amide bonds. The lowest BCUT2D eigenvalue weighted by Crippen LogP contribution is -2.22. The van der Waals surface area contributed by atoms with E-state index in [0.29, 0.717) is 0 Å². The van der Waals surface area contributed by atoms with Crippen LogP contribution in [0.4, 0.5) is 5.69 Å². The Hall–Kier alpha value is -1.71. The summed E-state index contributed by atoms with van der Waals surface area (Å²) in [4.78, 5) is 2.27. The minimum atomic E-state index is 0.727. The first-order chi connectivity index (χ1) is 10.2. The molecule has 1 N–H and O–H groups in total. The SMILES string of the molecule is CN(Cc1ccc(Cl)cc1)Cc1cccc2c1OCCN2. The zero-order chi connectivity index (χ0) is 14.7. The molecule has 0 fully saturated rings. The van der Waals surface area contributed by atoms with Gasteiger partial charge in [0.1, 0.15) is 12.4 Å². The highest BCUT2D eigenvalue weighted by Crippen LogP contribution is 2.32. The molecule has 0 saturated carbocycles. The van der Waals surface area contributed by atoms with Crippen molar-refractivity contribution in [2.45, 2.75) is 13.1 Å². The Morgan fingerprint density at radius 2 is 1.95 bits per heavy atom. The van der Waals surface area contributed by atoms with Crippen LogP contribution in [0.2, 0.25) is 5.02 Å². The number of para-hydroxylation sites is 1. The van der Waals surface area contributed by atoms with E-state index in [-0.39, 0.29) is 0 Å². The molecule has 0 aliphatic carbocycles. The Morgan fingerprint density at radius 3 is 2.76 bits per heavy atom. The number of rotatable bonds is 4. The maximum Gasteiger partial charge on any atom is 0.146 e. The van der Waals surface area contributed by atoms with Gasteiger partial charge in [0.15, 0.2) is 0 Å². The Balaban J connectivity index is 1.70. The number of hydrogen-bond acceptors (Lipinski definition) is 3. The molecule has 21 heavy (non-hydrogen) atoms. The minimum absolute atomic E-state index is 0.727. The van der Waals surface area contributed by atoms with Crippen LogP contribution in [0.3, 0.4) is 0 Å². The second kappa shape index (κ2) is 6.37. The first kappa shape index (κ1) is 14.2. The summed E-state index contributed by atoms with van der Waals surface area (Å²) in [6, 6.07) is 14.3. The number of nitrogens with one attached hydrogen (secondary N) is 1. The van der Waals surface area contributed by atoms with Gasteiger partial charge in [0, 0.05) is 30.2 Å². The lowest BCUT2D eigenvalue weighted by Gasteiger charge is -2.24. The molecule has 4 heteroatoms. The van der Waals surface area contributed by atoms with Gasteiger partial charge >= 0.3 is 0 Å². The maximum atomic E-state index is 5.92. The molecule has 1 aliphatic rings. The molecule has 0 saturated heterocycles.